The second kappa shape index (κ2) is 10.8. The molecule has 1 N–H and O–H groups in total. The maximum absolute atomic E-state index is 14.1. The van der Waals surface area contributed by atoms with Gasteiger partial charge in [0.15, 0.2) is 11.0 Å². The Balaban J connectivity index is 1.33. The molecule has 0 radical (unpaired) electrons. The summed E-state index contributed by atoms with van der Waals surface area (Å²) in [4.78, 5) is 27.5. The van der Waals surface area contributed by atoms with Crippen LogP contribution < -0.4 is 15.0 Å². The summed E-state index contributed by atoms with van der Waals surface area (Å²) in [5.74, 6) is 0.441. The summed E-state index contributed by atoms with van der Waals surface area (Å²) in [5, 5.41) is 11.8. The van der Waals surface area contributed by atoms with Gasteiger partial charge in [0.05, 0.1) is 25.1 Å². The number of halogens is 1. The monoisotopic (exact) mass is 517 g/mol. The molecule has 0 saturated heterocycles. The molecule has 0 bridgehead atoms. The van der Waals surface area contributed by atoms with Gasteiger partial charge >= 0.3 is 0 Å². The first-order valence-corrected chi connectivity index (χ1v) is 12.7. The Morgan fingerprint density at radius 1 is 1.05 bits per heavy atom. The van der Waals surface area contributed by atoms with Gasteiger partial charge in [-0.05, 0) is 60.5 Å². The highest BCUT2D eigenvalue weighted by Crippen LogP contribution is 2.29. The molecule has 8 nitrogen and oxygen atoms in total. The lowest BCUT2D eigenvalue weighted by molar-refractivity contribution is -0.116. The van der Waals surface area contributed by atoms with Crippen LogP contribution in [-0.2, 0) is 17.8 Å². The van der Waals surface area contributed by atoms with Crippen LogP contribution in [0, 0.1) is 5.82 Å². The molecule has 10 heteroatoms. The number of hydrogen-bond donors (Lipinski definition) is 1. The van der Waals surface area contributed by atoms with Gasteiger partial charge in [0.25, 0.3) is 5.91 Å². The first kappa shape index (κ1) is 24.5. The third-order valence-electron chi connectivity index (χ3n) is 6.04. The van der Waals surface area contributed by atoms with Crippen LogP contribution in [0.2, 0.25) is 0 Å². The normalized spacial score (nSPS) is 12.3. The Hall–Kier alpha value is -4.18. The van der Waals surface area contributed by atoms with Gasteiger partial charge in [-0.25, -0.2) is 4.39 Å². The van der Waals surface area contributed by atoms with Crippen molar-refractivity contribution in [3.05, 3.63) is 95.6 Å². The van der Waals surface area contributed by atoms with E-state index in [1.807, 2.05) is 24.3 Å². The SMILES string of the molecule is COc1ccc(C(=O)NCc2nnc(SCC(=O)N3CCc4ccccc43)n2-c2cccc(F)c2)cc1. The number of thioether (sulfide) groups is 1. The molecule has 2 heterocycles. The number of nitrogens with zero attached hydrogens (tertiary/aromatic N) is 4. The summed E-state index contributed by atoms with van der Waals surface area (Å²) in [7, 11) is 1.56. The van der Waals surface area contributed by atoms with Crippen molar-refractivity contribution in [2.75, 3.05) is 24.3 Å². The summed E-state index contributed by atoms with van der Waals surface area (Å²) < 4.78 is 20.9. The van der Waals surface area contributed by atoms with Gasteiger partial charge in [-0.15, -0.1) is 10.2 Å². The molecule has 37 heavy (non-hydrogen) atoms. The summed E-state index contributed by atoms with van der Waals surface area (Å²) in [5.41, 5.74) is 3.05. The van der Waals surface area contributed by atoms with Crippen molar-refractivity contribution in [2.45, 2.75) is 18.1 Å². The largest absolute Gasteiger partial charge is 0.497 e. The van der Waals surface area contributed by atoms with E-state index in [-0.39, 0.29) is 24.1 Å². The summed E-state index contributed by atoms with van der Waals surface area (Å²) in [6.45, 7) is 0.695. The Bertz CT molecular complexity index is 1440. The lowest BCUT2D eigenvalue weighted by atomic mass is 10.2. The van der Waals surface area contributed by atoms with Crippen LogP contribution in [0.5, 0.6) is 5.75 Å². The fourth-order valence-electron chi connectivity index (χ4n) is 4.19. The van der Waals surface area contributed by atoms with E-state index in [2.05, 4.69) is 15.5 Å². The van der Waals surface area contributed by atoms with E-state index in [0.717, 1.165) is 17.7 Å². The first-order chi connectivity index (χ1) is 18.0. The number of carbonyl (C=O) groups is 2. The number of anilines is 1. The Kier molecular flexibility index (Phi) is 7.18. The number of rotatable bonds is 8. The molecular weight excluding hydrogens is 493 g/mol. The van der Waals surface area contributed by atoms with E-state index >= 15 is 0 Å². The number of nitrogens with one attached hydrogen (secondary N) is 1. The van der Waals surface area contributed by atoms with E-state index in [0.29, 0.717) is 34.5 Å². The number of hydrogen-bond acceptors (Lipinski definition) is 6. The number of para-hydroxylation sites is 1. The summed E-state index contributed by atoms with van der Waals surface area (Å²) >= 11 is 1.22. The highest BCUT2D eigenvalue weighted by Gasteiger charge is 2.25. The second-order valence-electron chi connectivity index (χ2n) is 8.34. The zero-order valence-corrected chi connectivity index (χ0v) is 20.9. The minimum atomic E-state index is -0.417. The van der Waals surface area contributed by atoms with Crippen LogP contribution >= 0.6 is 11.8 Å². The van der Waals surface area contributed by atoms with E-state index in [1.54, 1.807) is 53.0 Å². The number of fused-ring (bicyclic) bond motifs is 1. The van der Waals surface area contributed by atoms with Crippen LogP contribution in [0.15, 0.2) is 78.0 Å². The molecule has 0 aliphatic carbocycles. The van der Waals surface area contributed by atoms with E-state index in [4.69, 9.17) is 4.74 Å². The smallest absolute Gasteiger partial charge is 0.251 e. The molecule has 0 atom stereocenters. The number of benzene rings is 3. The predicted octanol–water partition coefficient (Wildman–Crippen LogP) is 4.03. The topological polar surface area (TPSA) is 89.3 Å². The third-order valence-corrected chi connectivity index (χ3v) is 6.95. The van der Waals surface area contributed by atoms with Crippen molar-refractivity contribution in [2.24, 2.45) is 0 Å². The minimum absolute atomic E-state index is 0.0434. The maximum atomic E-state index is 14.1. The summed E-state index contributed by atoms with van der Waals surface area (Å²) in [6, 6.07) is 20.6. The molecule has 0 saturated carbocycles. The van der Waals surface area contributed by atoms with Crippen molar-refractivity contribution in [3.63, 3.8) is 0 Å². The molecule has 0 fully saturated rings. The average molecular weight is 518 g/mol. The molecule has 1 aliphatic heterocycles. The number of aromatic nitrogens is 3. The van der Waals surface area contributed by atoms with E-state index in [1.165, 1.54) is 23.9 Å². The maximum Gasteiger partial charge on any atom is 0.251 e. The molecule has 2 amide bonds. The molecule has 3 aromatic carbocycles. The van der Waals surface area contributed by atoms with Crippen molar-refractivity contribution in [3.8, 4) is 11.4 Å². The highest BCUT2D eigenvalue weighted by atomic mass is 32.2. The zero-order valence-electron chi connectivity index (χ0n) is 20.1. The van der Waals surface area contributed by atoms with Gasteiger partial charge < -0.3 is 15.0 Å². The number of ether oxygens (including phenoxy) is 1. The molecule has 0 unspecified atom stereocenters. The van der Waals surface area contributed by atoms with Gasteiger partial charge in [0, 0.05) is 17.8 Å². The van der Waals surface area contributed by atoms with Crippen LogP contribution in [-0.4, -0.2) is 46.0 Å². The summed E-state index contributed by atoms with van der Waals surface area (Å²) in [6.07, 6.45) is 0.824. The fraction of sp³-hybridized carbons (Fsp3) is 0.185. The molecule has 188 valence electrons. The number of methoxy groups -OCH3 is 1. The van der Waals surface area contributed by atoms with Gasteiger partial charge in [-0.3, -0.25) is 14.2 Å². The fourth-order valence-corrected chi connectivity index (χ4v) is 5.03. The van der Waals surface area contributed by atoms with Crippen LogP contribution in [0.3, 0.4) is 0 Å². The molecular formula is C27H24FN5O3S. The molecule has 4 aromatic rings. The Labute approximate surface area is 217 Å². The highest BCUT2D eigenvalue weighted by molar-refractivity contribution is 7.99. The van der Waals surface area contributed by atoms with Crippen molar-refractivity contribution in [1.29, 1.82) is 0 Å². The predicted molar refractivity (Wildman–Crippen MR) is 139 cm³/mol. The van der Waals surface area contributed by atoms with E-state index < -0.39 is 5.82 Å². The molecule has 1 aromatic heterocycles. The lowest BCUT2D eigenvalue weighted by Gasteiger charge is -2.17. The van der Waals surface area contributed by atoms with Crippen molar-refractivity contribution >= 4 is 29.3 Å². The average Bonchev–Trinajstić information content (AvgIpc) is 3.54. The quantitative estimate of drug-likeness (QED) is 0.355. The second-order valence-corrected chi connectivity index (χ2v) is 9.28. The van der Waals surface area contributed by atoms with Crippen molar-refractivity contribution < 1.29 is 18.7 Å². The first-order valence-electron chi connectivity index (χ1n) is 11.7. The lowest BCUT2D eigenvalue weighted by Crippen LogP contribution is -2.30. The van der Waals surface area contributed by atoms with Gasteiger partial charge in [0.1, 0.15) is 11.6 Å². The van der Waals surface area contributed by atoms with Gasteiger partial charge in [-0.1, -0.05) is 36.0 Å². The molecule has 5 rings (SSSR count). The molecule has 1 aliphatic rings. The Morgan fingerprint density at radius 2 is 1.86 bits per heavy atom. The number of carbonyl (C=O) groups excluding carboxylic acids is 2. The third kappa shape index (κ3) is 5.34. The molecule has 0 spiro atoms. The van der Waals surface area contributed by atoms with Crippen LogP contribution in [0.1, 0.15) is 21.7 Å². The zero-order chi connectivity index (χ0) is 25.8. The number of amides is 2. The van der Waals surface area contributed by atoms with Crippen LogP contribution in [0.4, 0.5) is 10.1 Å². The van der Waals surface area contributed by atoms with E-state index in [9.17, 15) is 14.0 Å². The minimum Gasteiger partial charge on any atom is -0.497 e. The Morgan fingerprint density at radius 3 is 2.65 bits per heavy atom. The van der Waals surface area contributed by atoms with Gasteiger partial charge in [-0.2, -0.15) is 0 Å². The van der Waals surface area contributed by atoms with Crippen LogP contribution in [0.25, 0.3) is 5.69 Å². The van der Waals surface area contributed by atoms with Gasteiger partial charge in [0.2, 0.25) is 5.91 Å². The standard InChI is InChI=1S/C27H24FN5O3S/c1-36-22-11-9-19(10-12-22)26(35)29-16-24-30-31-27(33(24)21-7-4-6-20(28)15-21)37-17-25(34)32-14-13-18-5-2-3-8-23(18)32/h2-12,15H,13-14,16-17H2,1H3,(H,29,35). The van der Waals surface area contributed by atoms with Crippen molar-refractivity contribution in [1.82, 2.24) is 20.1 Å².